The molecule has 3 rings (SSSR count). The van der Waals surface area contributed by atoms with Crippen molar-refractivity contribution in [3.63, 3.8) is 0 Å². The van der Waals surface area contributed by atoms with E-state index in [1.807, 2.05) is 24.3 Å². The summed E-state index contributed by atoms with van der Waals surface area (Å²) in [5, 5.41) is 3.13. The molecule has 0 fully saturated rings. The van der Waals surface area contributed by atoms with Crippen molar-refractivity contribution >= 4 is 28.3 Å². The van der Waals surface area contributed by atoms with Crippen molar-refractivity contribution in [3.05, 3.63) is 54.2 Å². The standard InChI is InChI=1S/C14H10N2S/c1-2-10-5-6-12-11(8-10)14(16-9-15-12)13-4-3-7-17-13/h2-9H,1H2. The number of hydrogen-bond donors (Lipinski definition) is 0. The van der Waals surface area contributed by atoms with Gasteiger partial charge in [-0.2, -0.15) is 0 Å². The number of hydrogen-bond acceptors (Lipinski definition) is 3. The number of benzene rings is 1. The largest absolute Gasteiger partial charge is 0.236 e. The molecule has 0 bridgehead atoms. The number of rotatable bonds is 2. The number of fused-ring (bicyclic) bond motifs is 1. The van der Waals surface area contributed by atoms with Crippen molar-refractivity contribution in [2.24, 2.45) is 0 Å². The molecule has 0 aliphatic carbocycles. The van der Waals surface area contributed by atoms with Crippen LogP contribution in [0.2, 0.25) is 0 Å². The van der Waals surface area contributed by atoms with Gasteiger partial charge in [0.1, 0.15) is 6.33 Å². The number of aromatic nitrogens is 2. The molecule has 2 nitrogen and oxygen atoms in total. The number of thiophene rings is 1. The van der Waals surface area contributed by atoms with Gasteiger partial charge in [0.05, 0.1) is 16.1 Å². The van der Waals surface area contributed by atoms with Gasteiger partial charge in [0.25, 0.3) is 0 Å². The van der Waals surface area contributed by atoms with Gasteiger partial charge in [0.2, 0.25) is 0 Å². The van der Waals surface area contributed by atoms with Gasteiger partial charge in [-0.15, -0.1) is 11.3 Å². The van der Waals surface area contributed by atoms with Crippen LogP contribution >= 0.6 is 11.3 Å². The van der Waals surface area contributed by atoms with E-state index in [4.69, 9.17) is 0 Å². The van der Waals surface area contributed by atoms with Crippen LogP contribution < -0.4 is 0 Å². The smallest absolute Gasteiger partial charge is 0.116 e. The first-order valence-electron chi connectivity index (χ1n) is 5.29. The minimum absolute atomic E-state index is 0.967. The molecule has 3 aromatic rings. The number of nitrogens with zero attached hydrogens (tertiary/aromatic N) is 2. The Morgan fingerprint density at radius 3 is 2.88 bits per heavy atom. The summed E-state index contributed by atoms with van der Waals surface area (Å²) in [6, 6.07) is 10.2. The second kappa shape index (κ2) is 4.11. The normalized spacial score (nSPS) is 10.6. The molecular formula is C14H10N2S. The lowest BCUT2D eigenvalue weighted by Crippen LogP contribution is -1.87. The summed E-state index contributed by atoms with van der Waals surface area (Å²) < 4.78 is 0. The van der Waals surface area contributed by atoms with Crippen LogP contribution in [0.5, 0.6) is 0 Å². The second-order valence-electron chi connectivity index (χ2n) is 3.68. The summed E-state index contributed by atoms with van der Waals surface area (Å²) in [4.78, 5) is 9.84. The van der Waals surface area contributed by atoms with Gasteiger partial charge in [0, 0.05) is 5.39 Å². The van der Waals surface area contributed by atoms with Crippen molar-refractivity contribution < 1.29 is 0 Å². The van der Waals surface area contributed by atoms with E-state index in [9.17, 15) is 0 Å². The first-order valence-corrected chi connectivity index (χ1v) is 6.17. The Bertz CT molecular complexity index is 672. The molecule has 3 heteroatoms. The highest BCUT2D eigenvalue weighted by atomic mass is 32.1. The second-order valence-corrected chi connectivity index (χ2v) is 4.63. The maximum Gasteiger partial charge on any atom is 0.116 e. The molecule has 0 aliphatic heterocycles. The Labute approximate surface area is 103 Å². The van der Waals surface area contributed by atoms with Gasteiger partial charge in [-0.05, 0) is 29.1 Å². The monoisotopic (exact) mass is 238 g/mol. The summed E-state index contributed by atoms with van der Waals surface area (Å²) in [5.41, 5.74) is 3.05. The van der Waals surface area contributed by atoms with E-state index in [0.29, 0.717) is 0 Å². The lowest BCUT2D eigenvalue weighted by Gasteiger charge is -2.03. The highest BCUT2D eigenvalue weighted by Gasteiger charge is 2.07. The zero-order chi connectivity index (χ0) is 11.7. The molecular weight excluding hydrogens is 228 g/mol. The minimum Gasteiger partial charge on any atom is -0.236 e. The molecule has 0 amide bonds. The van der Waals surface area contributed by atoms with Crippen molar-refractivity contribution in [2.75, 3.05) is 0 Å². The molecule has 0 aliphatic rings. The van der Waals surface area contributed by atoms with Gasteiger partial charge < -0.3 is 0 Å². The molecule has 82 valence electrons. The third-order valence-corrected chi connectivity index (χ3v) is 3.53. The Morgan fingerprint density at radius 1 is 1.18 bits per heavy atom. The van der Waals surface area contributed by atoms with Crippen molar-refractivity contribution in [1.82, 2.24) is 9.97 Å². The lowest BCUT2D eigenvalue weighted by molar-refractivity contribution is 1.23. The van der Waals surface area contributed by atoms with E-state index < -0.39 is 0 Å². The quantitative estimate of drug-likeness (QED) is 0.674. The first-order chi connectivity index (χ1) is 8.38. The summed E-state index contributed by atoms with van der Waals surface area (Å²) in [6.45, 7) is 3.79. The highest BCUT2D eigenvalue weighted by Crippen LogP contribution is 2.29. The fourth-order valence-corrected chi connectivity index (χ4v) is 2.55. The molecule has 0 spiro atoms. The van der Waals surface area contributed by atoms with Gasteiger partial charge in [-0.25, -0.2) is 9.97 Å². The molecule has 0 radical (unpaired) electrons. The maximum atomic E-state index is 4.39. The van der Waals surface area contributed by atoms with Crippen molar-refractivity contribution in [1.29, 1.82) is 0 Å². The molecule has 0 atom stereocenters. The van der Waals surface area contributed by atoms with Gasteiger partial charge in [-0.3, -0.25) is 0 Å². The molecule has 2 aromatic heterocycles. The topological polar surface area (TPSA) is 25.8 Å². The van der Waals surface area contributed by atoms with Gasteiger partial charge in [0.15, 0.2) is 0 Å². The average molecular weight is 238 g/mol. The minimum atomic E-state index is 0.967. The summed E-state index contributed by atoms with van der Waals surface area (Å²) in [6.07, 6.45) is 3.45. The summed E-state index contributed by atoms with van der Waals surface area (Å²) in [5.74, 6) is 0. The van der Waals surface area contributed by atoms with Crippen molar-refractivity contribution in [3.8, 4) is 10.6 Å². The van der Waals surface area contributed by atoms with Crippen LogP contribution in [-0.4, -0.2) is 9.97 Å². The third-order valence-electron chi connectivity index (χ3n) is 2.65. The fraction of sp³-hybridized carbons (Fsp3) is 0. The van der Waals surface area contributed by atoms with E-state index in [1.165, 1.54) is 4.88 Å². The van der Waals surface area contributed by atoms with Crippen LogP contribution in [0.15, 0.2) is 48.6 Å². The Kier molecular flexibility index (Phi) is 2.46. The average Bonchev–Trinajstić information content (AvgIpc) is 2.91. The van der Waals surface area contributed by atoms with Crippen LogP contribution in [-0.2, 0) is 0 Å². The van der Waals surface area contributed by atoms with E-state index in [1.54, 1.807) is 17.7 Å². The zero-order valence-corrected chi connectivity index (χ0v) is 9.95. The molecule has 1 aromatic carbocycles. The molecule has 0 unspecified atom stereocenters. The predicted molar refractivity (Wildman–Crippen MR) is 72.9 cm³/mol. The van der Waals surface area contributed by atoms with E-state index in [2.05, 4.69) is 34.1 Å². The first kappa shape index (κ1) is 10.2. The molecule has 2 heterocycles. The van der Waals surface area contributed by atoms with E-state index in [-0.39, 0.29) is 0 Å². The maximum absolute atomic E-state index is 4.39. The summed E-state index contributed by atoms with van der Waals surface area (Å²) >= 11 is 1.69. The highest BCUT2D eigenvalue weighted by molar-refractivity contribution is 7.13. The van der Waals surface area contributed by atoms with E-state index in [0.717, 1.165) is 22.2 Å². The Balaban J connectivity index is 2.34. The fourth-order valence-electron chi connectivity index (χ4n) is 1.81. The molecule has 0 saturated heterocycles. The Morgan fingerprint density at radius 2 is 2.12 bits per heavy atom. The third kappa shape index (κ3) is 1.74. The van der Waals surface area contributed by atoms with Gasteiger partial charge >= 0.3 is 0 Å². The lowest BCUT2D eigenvalue weighted by atomic mass is 10.1. The zero-order valence-electron chi connectivity index (χ0n) is 9.13. The molecule has 0 saturated carbocycles. The van der Waals surface area contributed by atoms with Crippen LogP contribution in [0.25, 0.3) is 27.6 Å². The van der Waals surface area contributed by atoms with Crippen LogP contribution in [0.4, 0.5) is 0 Å². The van der Waals surface area contributed by atoms with Crippen LogP contribution in [0.1, 0.15) is 5.56 Å². The van der Waals surface area contributed by atoms with E-state index >= 15 is 0 Å². The van der Waals surface area contributed by atoms with Gasteiger partial charge in [-0.1, -0.05) is 24.8 Å². The Hall–Kier alpha value is -2.00. The molecule has 0 N–H and O–H groups in total. The van der Waals surface area contributed by atoms with Crippen LogP contribution in [0, 0.1) is 0 Å². The molecule has 17 heavy (non-hydrogen) atoms. The van der Waals surface area contributed by atoms with Crippen molar-refractivity contribution in [2.45, 2.75) is 0 Å². The predicted octanol–water partition coefficient (Wildman–Crippen LogP) is 4.00. The SMILES string of the molecule is C=Cc1ccc2ncnc(-c3cccs3)c2c1. The van der Waals surface area contributed by atoms with Crippen LogP contribution in [0.3, 0.4) is 0 Å². The summed E-state index contributed by atoms with van der Waals surface area (Å²) in [7, 11) is 0.